The summed E-state index contributed by atoms with van der Waals surface area (Å²) >= 11 is 0. The van der Waals surface area contributed by atoms with Gasteiger partial charge in [0.2, 0.25) is 0 Å². The van der Waals surface area contributed by atoms with Gasteiger partial charge in [0.15, 0.2) is 0 Å². The first-order valence-electron chi connectivity index (χ1n) is 5.71. The van der Waals surface area contributed by atoms with E-state index in [4.69, 9.17) is 0 Å². The molecule has 0 aromatic rings. The fourth-order valence-electron chi connectivity index (χ4n) is 2.48. The van der Waals surface area contributed by atoms with Gasteiger partial charge < -0.3 is 5.32 Å². The number of nitrogens with one attached hydrogen (secondary N) is 1. The molecule has 0 atom stereocenters. The highest BCUT2D eigenvalue weighted by atomic mass is 32.2. The van der Waals surface area contributed by atoms with E-state index >= 15 is 0 Å². The predicted molar refractivity (Wildman–Crippen MR) is 63.7 cm³/mol. The van der Waals surface area contributed by atoms with Gasteiger partial charge in [0.1, 0.15) is 9.84 Å². The van der Waals surface area contributed by atoms with Crippen molar-refractivity contribution in [3.05, 3.63) is 0 Å². The lowest BCUT2D eigenvalue weighted by atomic mass is 9.72. The lowest BCUT2D eigenvalue weighted by molar-refractivity contribution is 0.117. The topological polar surface area (TPSA) is 46.2 Å². The van der Waals surface area contributed by atoms with E-state index in [1.165, 1.54) is 12.7 Å². The molecule has 0 bridgehead atoms. The van der Waals surface area contributed by atoms with Crippen molar-refractivity contribution >= 4 is 9.84 Å². The molecule has 1 aliphatic rings. The molecule has 0 aromatic carbocycles. The molecule has 1 aliphatic heterocycles. The van der Waals surface area contributed by atoms with Crippen molar-refractivity contribution in [1.29, 1.82) is 0 Å². The number of hydrogen-bond acceptors (Lipinski definition) is 3. The molecule has 1 fully saturated rings. The minimum Gasteiger partial charge on any atom is -0.316 e. The van der Waals surface area contributed by atoms with Gasteiger partial charge in [0, 0.05) is 25.1 Å². The Balaban J connectivity index is 2.34. The molecule has 0 spiro atoms. The van der Waals surface area contributed by atoms with Crippen LogP contribution in [0.3, 0.4) is 0 Å². The fraction of sp³-hybridized carbons (Fsp3) is 1.00. The van der Waals surface area contributed by atoms with Crippen molar-refractivity contribution in [2.45, 2.75) is 33.1 Å². The molecular weight excluding hydrogens is 210 g/mol. The maximum atomic E-state index is 11.0. The molecule has 0 aromatic heterocycles. The Morgan fingerprint density at radius 2 is 1.93 bits per heavy atom. The molecule has 0 amide bonds. The quantitative estimate of drug-likeness (QED) is 0.755. The van der Waals surface area contributed by atoms with Crippen LogP contribution in [0.25, 0.3) is 0 Å². The summed E-state index contributed by atoms with van der Waals surface area (Å²) in [6.07, 6.45) is 4.39. The van der Waals surface area contributed by atoms with Gasteiger partial charge in [-0.2, -0.15) is 0 Å². The Labute approximate surface area is 93.6 Å². The molecular formula is C11H23NO2S. The summed E-state index contributed by atoms with van der Waals surface area (Å²) < 4.78 is 22.1. The lowest BCUT2D eigenvalue weighted by Gasteiger charge is -2.44. The SMILES string of the molecule is CC(C)CC1(CCCS(C)(=O)=O)CNC1. The molecule has 0 aliphatic carbocycles. The van der Waals surface area contributed by atoms with E-state index in [1.54, 1.807) is 0 Å². The summed E-state index contributed by atoms with van der Waals surface area (Å²) in [5.74, 6) is 1.04. The number of rotatable bonds is 6. The largest absolute Gasteiger partial charge is 0.316 e. The van der Waals surface area contributed by atoms with Crippen molar-refractivity contribution in [1.82, 2.24) is 5.32 Å². The van der Waals surface area contributed by atoms with Gasteiger partial charge in [0.05, 0.1) is 0 Å². The first kappa shape index (κ1) is 13.0. The summed E-state index contributed by atoms with van der Waals surface area (Å²) in [5, 5.41) is 3.31. The van der Waals surface area contributed by atoms with Crippen LogP contribution < -0.4 is 5.32 Å². The third kappa shape index (κ3) is 4.51. The maximum absolute atomic E-state index is 11.0. The molecule has 1 saturated heterocycles. The van der Waals surface area contributed by atoms with Crippen molar-refractivity contribution < 1.29 is 8.42 Å². The normalized spacial score (nSPS) is 20.3. The van der Waals surface area contributed by atoms with E-state index in [0.717, 1.165) is 25.9 Å². The zero-order valence-electron chi connectivity index (χ0n) is 10.0. The monoisotopic (exact) mass is 233 g/mol. The minimum atomic E-state index is -2.78. The number of hydrogen-bond donors (Lipinski definition) is 1. The third-order valence-electron chi connectivity index (χ3n) is 3.06. The van der Waals surface area contributed by atoms with Crippen LogP contribution in [-0.2, 0) is 9.84 Å². The molecule has 4 heteroatoms. The molecule has 3 nitrogen and oxygen atoms in total. The Morgan fingerprint density at radius 3 is 2.27 bits per heavy atom. The van der Waals surface area contributed by atoms with Crippen LogP contribution in [0.2, 0.25) is 0 Å². The average molecular weight is 233 g/mol. The molecule has 1 rings (SSSR count). The van der Waals surface area contributed by atoms with Gasteiger partial charge in [0.25, 0.3) is 0 Å². The fourth-order valence-corrected chi connectivity index (χ4v) is 3.15. The zero-order valence-corrected chi connectivity index (χ0v) is 10.9. The maximum Gasteiger partial charge on any atom is 0.147 e. The van der Waals surface area contributed by atoms with Gasteiger partial charge in [-0.05, 0) is 30.6 Å². The summed E-state index contributed by atoms with van der Waals surface area (Å²) in [5.41, 5.74) is 0.388. The van der Waals surface area contributed by atoms with Crippen LogP contribution in [0.5, 0.6) is 0 Å². The Bertz CT molecular complexity index is 292. The molecule has 0 radical (unpaired) electrons. The second-order valence-electron chi connectivity index (χ2n) is 5.43. The minimum absolute atomic E-state index is 0.340. The van der Waals surface area contributed by atoms with E-state index in [2.05, 4.69) is 19.2 Å². The highest BCUT2D eigenvalue weighted by molar-refractivity contribution is 7.90. The predicted octanol–water partition coefficient (Wildman–Crippen LogP) is 1.45. The first-order valence-corrected chi connectivity index (χ1v) is 7.78. The Hall–Kier alpha value is -0.0900. The Kier molecular flexibility index (Phi) is 4.18. The van der Waals surface area contributed by atoms with Crippen LogP contribution >= 0.6 is 0 Å². The van der Waals surface area contributed by atoms with Gasteiger partial charge >= 0.3 is 0 Å². The Morgan fingerprint density at radius 1 is 1.33 bits per heavy atom. The highest BCUT2D eigenvalue weighted by Crippen LogP contribution is 2.35. The zero-order chi connectivity index (χ0) is 11.5. The standard InChI is InChI=1S/C11H23NO2S/c1-10(2)7-11(8-12-9-11)5-4-6-15(3,13)14/h10,12H,4-9H2,1-3H3. The van der Waals surface area contributed by atoms with Crippen molar-refractivity contribution in [3.8, 4) is 0 Å². The highest BCUT2D eigenvalue weighted by Gasteiger charge is 2.36. The van der Waals surface area contributed by atoms with Crippen LogP contribution in [0.15, 0.2) is 0 Å². The summed E-state index contributed by atoms with van der Waals surface area (Å²) in [6.45, 7) is 6.59. The molecule has 0 saturated carbocycles. The van der Waals surface area contributed by atoms with E-state index in [0.29, 0.717) is 17.1 Å². The average Bonchev–Trinajstić information content (AvgIpc) is 1.96. The smallest absolute Gasteiger partial charge is 0.147 e. The van der Waals surface area contributed by atoms with E-state index in [1.807, 2.05) is 0 Å². The van der Waals surface area contributed by atoms with Gasteiger partial charge in [-0.3, -0.25) is 0 Å². The second-order valence-corrected chi connectivity index (χ2v) is 7.69. The first-order chi connectivity index (χ1) is 6.83. The van der Waals surface area contributed by atoms with Crippen molar-refractivity contribution in [3.63, 3.8) is 0 Å². The molecule has 1 N–H and O–H groups in total. The summed E-state index contributed by atoms with van der Waals surface area (Å²) in [6, 6.07) is 0. The van der Waals surface area contributed by atoms with Crippen LogP contribution in [-0.4, -0.2) is 33.5 Å². The summed E-state index contributed by atoms with van der Waals surface area (Å²) in [4.78, 5) is 0. The van der Waals surface area contributed by atoms with Crippen molar-refractivity contribution in [2.75, 3.05) is 25.1 Å². The molecule has 0 unspecified atom stereocenters. The second kappa shape index (κ2) is 4.83. The lowest BCUT2D eigenvalue weighted by Crippen LogP contribution is -2.54. The van der Waals surface area contributed by atoms with Crippen molar-refractivity contribution in [2.24, 2.45) is 11.3 Å². The summed E-state index contributed by atoms with van der Waals surface area (Å²) in [7, 11) is -2.78. The third-order valence-corrected chi connectivity index (χ3v) is 4.09. The van der Waals surface area contributed by atoms with Crippen LogP contribution in [0.4, 0.5) is 0 Å². The van der Waals surface area contributed by atoms with Gasteiger partial charge in [-0.15, -0.1) is 0 Å². The van der Waals surface area contributed by atoms with E-state index < -0.39 is 9.84 Å². The molecule has 90 valence electrons. The van der Waals surface area contributed by atoms with E-state index in [-0.39, 0.29) is 0 Å². The van der Waals surface area contributed by atoms with Crippen LogP contribution in [0.1, 0.15) is 33.1 Å². The van der Waals surface area contributed by atoms with E-state index in [9.17, 15) is 8.42 Å². The number of sulfone groups is 1. The van der Waals surface area contributed by atoms with Gasteiger partial charge in [-0.1, -0.05) is 13.8 Å². The van der Waals surface area contributed by atoms with Crippen LogP contribution in [0, 0.1) is 11.3 Å². The molecule has 15 heavy (non-hydrogen) atoms. The molecule has 1 heterocycles. The van der Waals surface area contributed by atoms with Gasteiger partial charge in [-0.25, -0.2) is 8.42 Å².